The van der Waals surface area contributed by atoms with E-state index in [2.05, 4.69) is 30.1 Å². The fourth-order valence-corrected chi connectivity index (χ4v) is 3.33. The highest BCUT2D eigenvalue weighted by molar-refractivity contribution is 5.78. The summed E-state index contributed by atoms with van der Waals surface area (Å²) in [6, 6.07) is 14.0. The highest BCUT2D eigenvalue weighted by atomic mass is 16.5. The number of rotatable bonds is 6. The molecule has 3 rings (SSSR count). The summed E-state index contributed by atoms with van der Waals surface area (Å²) in [6.45, 7) is 6.46. The van der Waals surface area contributed by atoms with Crippen molar-refractivity contribution in [3.05, 3.63) is 59.2 Å². The molecule has 5 heteroatoms. The van der Waals surface area contributed by atoms with Crippen LogP contribution in [0.2, 0.25) is 0 Å². The summed E-state index contributed by atoms with van der Waals surface area (Å²) in [5, 5.41) is 3.04. The molecule has 0 fully saturated rings. The van der Waals surface area contributed by atoms with Crippen LogP contribution in [0.15, 0.2) is 42.5 Å². The normalized spacial score (nSPS) is 16.8. The van der Waals surface area contributed by atoms with Crippen LogP contribution in [0.1, 0.15) is 30.0 Å². The third-order valence-electron chi connectivity index (χ3n) is 4.98. The first kappa shape index (κ1) is 19.2. The number of amides is 1. The molecule has 1 N–H and O–H groups in total. The second-order valence-electron chi connectivity index (χ2n) is 6.99. The largest absolute Gasteiger partial charge is 0.497 e. The topological polar surface area (TPSA) is 50.8 Å². The molecule has 0 unspecified atom stereocenters. The predicted octanol–water partition coefficient (Wildman–Crippen LogP) is 3.29. The van der Waals surface area contributed by atoms with E-state index in [1.54, 1.807) is 7.11 Å². The van der Waals surface area contributed by atoms with E-state index in [-0.39, 0.29) is 12.0 Å². The zero-order chi connectivity index (χ0) is 19.2. The Bertz CT molecular complexity index is 791. The lowest BCUT2D eigenvalue weighted by molar-refractivity contribution is -0.122. The van der Waals surface area contributed by atoms with Crippen molar-refractivity contribution in [3.63, 3.8) is 0 Å². The lowest BCUT2D eigenvalue weighted by atomic mass is 10.1. The van der Waals surface area contributed by atoms with Gasteiger partial charge in [0.15, 0.2) is 0 Å². The molecular weight excluding hydrogens is 340 g/mol. The molecule has 0 radical (unpaired) electrons. The number of methoxy groups -OCH3 is 1. The van der Waals surface area contributed by atoms with Gasteiger partial charge in [-0.1, -0.05) is 31.2 Å². The van der Waals surface area contributed by atoms with Crippen LogP contribution in [0.3, 0.4) is 0 Å². The summed E-state index contributed by atoms with van der Waals surface area (Å²) in [4.78, 5) is 14.7. The lowest BCUT2D eigenvalue weighted by Crippen LogP contribution is -2.40. The average molecular weight is 368 g/mol. The number of hydrogen-bond acceptors (Lipinski definition) is 4. The first-order valence-corrected chi connectivity index (χ1v) is 9.46. The van der Waals surface area contributed by atoms with Crippen molar-refractivity contribution in [2.24, 2.45) is 0 Å². The van der Waals surface area contributed by atoms with Gasteiger partial charge in [-0.2, -0.15) is 0 Å². The van der Waals surface area contributed by atoms with E-state index in [4.69, 9.17) is 9.47 Å². The first-order valence-electron chi connectivity index (χ1n) is 9.46. The Hall–Kier alpha value is -2.53. The Balaban J connectivity index is 1.65. The van der Waals surface area contributed by atoms with Crippen LogP contribution in [0, 0.1) is 6.92 Å². The quantitative estimate of drug-likeness (QED) is 0.850. The van der Waals surface area contributed by atoms with Gasteiger partial charge in [-0.3, -0.25) is 9.69 Å². The smallest absolute Gasteiger partial charge is 0.234 e. The van der Waals surface area contributed by atoms with Gasteiger partial charge in [0, 0.05) is 25.2 Å². The SMILES string of the molecule is CC[C@H]1CN(CC(=O)NCc2ccccc2C)Cc2cc(OC)ccc2O1. The van der Waals surface area contributed by atoms with Crippen LogP contribution in [0.25, 0.3) is 0 Å². The van der Waals surface area contributed by atoms with Crippen LogP contribution in [-0.4, -0.2) is 37.1 Å². The summed E-state index contributed by atoms with van der Waals surface area (Å²) in [6.07, 6.45) is 0.969. The van der Waals surface area contributed by atoms with Crippen LogP contribution in [-0.2, 0) is 17.9 Å². The number of carbonyl (C=O) groups is 1. The fraction of sp³-hybridized carbons (Fsp3) is 0.409. The maximum atomic E-state index is 12.5. The Morgan fingerprint density at radius 3 is 2.85 bits per heavy atom. The van der Waals surface area contributed by atoms with E-state index < -0.39 is 0 Å². The molecule has 5 nitrogen and oxygen atoms in total. The zero-order valence-electron chi connectivity index (χ0n) is 16.3. The van der Waals surface area contributed by atoms with Crippen molar-refractivity contribution < 1.29 is 14.3 Å². The van der Waals surface area contributed by atoms with Gasteiger partial charge in [-0.05, 0) is 42.7 Å². The molecule has 1 heterocycles. The lowest BCUT2D eigenvalue weighted by Gasteiger charge is -2.22. The summed E-state index contributed by atoms with van der Waals surface area (Å²) in [5.41, 5.74) is 3.39. The zero-order valence-corrected chi connectivity index (χ0v) is 16.3. The van der Waals surface area contributed by atoms with E-state index in [1.807, 2.05) is 36.4 Å². The maximum absolute atomic E-state index is 12.5. The minimum absolute atomic E-state index is 0.0273. The molecule has 27 heavy (non-hydrogen) atoms. The molecule has 0 bridgehead atoms. The van der Waals surface area contributed by atoms with Crippen molar-refractivity contribution in [1.29, 1.82) is 0 Å². The summed E-state index contributed by atoms with van der Waals surface area (Å²) in [7, 11) is 1.66. The molecule has 1 aliphatic heterocycles. The fourth-order valence-electron chi connectivity index (χ4n) is 3.33. The van der Waals surface area contributed by atoms with Gasteiger partial charge >= 0.3 is 0 Å². The van der Waals surface area contributed by atoms with Gasteiger partial charge in [0.1, 0.15) is 17.6 Å². The van der Waals surface area contributed by atoms with Crippen LogP contribution < -0.4 is 14.8 Å². The number of benzene rings is 2. The van der Waals surface area contributed by atoms with Crippen molar-refractivity contribution in [1.82, 2.24) is 10.2 Å². The number of aryl methyl sites for hydroxylation is 1. The highest BCUT2D eigenvalue weighted by Gasteiger charge is 2.23. The van der Waals surface area contributed by atoms with Gasteiger partial charge in [0.25, 0.3) is 0 Å². The Labute approximate surface area is 161 Å². The number of hydrogen-bond donors (Lipinski definition) is 1. The molecule has 0 saturated carbocycles. The number of carbonyl (C=O) groups excluding carboxylic acids is 1. The molecule has 1 aliphatic rings. The molecule has 0 spiro atoms. The third kappa shape index (κ3) is 5.01. The molecule has 1 amide bonds. The minimum Gasteiger partial charge on any atom is -0.497 e. The number of nitrogens with zero attached hydrogens (tertiary/aromatic N) is 1. The molecule has 0 aliphatic carbocycles. The van der Waals surface area contributed by atoms with Gasteiger partial charge in [0.05, 0.1) is 13.7 Å². The number of ether oxygens (including phenoxy) is 2. The number of nitrogens with one attached hydrogen (secondary N) is 1. The second-order valence-corrected chi connectivity index (χ2v) is 6.99. The molecule has 0 saturated heterocycles. The standard InChI is InChI=1S/C22H28N2O3/c1-4-19-14-24(13-18-11-20(26-3)9-10-21(18)27-19)15-22(25)23-12-17-8-6-5-7-16(17)2/h5-11,19H,4,12-15H2,1-3H3,(H,23,25)/t19-/m0/s1. The third-order valence-corrected chi connectivity index (χ3v) is 4.98. The molecule has 1 atom stereocenters. The predicted molar refractivity (Wildman–Crippen MR) is 106 cm³/mol. The van der Waals surface area contributed by atoms with Crippen molar-refractivity contribution in [2.45, 2.75) is 39.5 Å². The Morgan fingerprint density at radius 2 is 2.11 bits per heavy atom. The number of fused-ring (bicyclic) bond motifs is 1. The Kier molecular flexibility index (Phi) is 6.35. The summed E-state index contributed by atoms with van der Waals surface area (Å²) < 4.78 is 11.5. The van der Waals surface area contributed by atoms with Crippen molar-refractivity contribution in [2.75, 3.05) is 20.2 Å². The van der Waals surface area contributed by atoms with E-state index >= 15 is 0 Å². The van der Waals surface area contributed by atoms with E-state index in [0.29, 0.717) is 19.6 Å². The first-order chi connectivity index (χ1) is 13.1. The van der Waals surface area contributed by atoms with Crippen LogP contribution in [0.4, 0.5) is 0 Å². The van der Waals surface area contributed by atoms with Crippen LogP contribution >= 0.6 is 0 Å². The molecule has 144 valence electrons. The summed E-state index contributed by atoms with van der Waals surface area (Å²) >= 11 is 0. The van der Waals surface area contributed by atoms with Gasteiger partial charge < -0.3 is 14.8 Å². The molecule has 2 aromatic rings. The van der Waals surface area contributed by atoms with Gasteiger partial charge in [0.2, 0.25) is 5.91 Å². The second kappa shape index (κ2) is 8.91. The molecular formula is C22H28N2O3. The summed E-state index contributed by atoms with van der Waals surface area (Å²) in [5.74, 6) is 1.71. The van der Waals surface area contributed by atoms with Gasteiger partial charge in [-0.15, -0.1) is 0 Å². The van der Waals surface area contributed by atoms with Crippen molar-refractivity contribution >= 4 is 5.91 Å². The van der Waals surface area contributed by atoms with E-state index in [1.165, 1.54) is 5.56 Å². The van der Waals surface area contributed by atoms with Crippen LogP contribution in [0.5, 0.6) is 11.5 Å². The average Bonchev–Trinajstić information content (AvgIpc) is 2.85. The monoisotopic (exact) mass is 368 g/mol. The maximum Gasteiger partial charge on any atom is 0.234 e. The Morgan fingerprint density at radius 1 is 1.30 bits per heavy atom. The van der Waals surface area contributed by atoms with Gasteiger partial charge in [-0.25, -0.2) is 0 Å². The van der Waals surface area contributed by atoms with E-state index in [9.17, 15) is 4.79 Å². The van der Waals surface area contributed by atoms with Crippen molar-refractivity contribution in [3.8, 4) is 11.5 Å². The molecule has 2 aromatic carbocycles. The van der Waals surface area contributed by atoms with E-state index in [0.717, 1.165) is 35.6 Å². The minimum atomic E-state index is 0.0273. The molecule has 0 aromatic heterocycles. The highest BCUT2D eigenvalue weighted by Crippen LogP contribution is 2.29.